The quantitative estimate of drug-likeness (QED) is 0.0269. The van der Waals surface area contributed by atoms with Gasteiger partial charge < -0.3 is 51.3 Å². The Morgan fingerprint density at radius 3 is 2.26 bits per heavy atom. The second kappa shape index (κ2) is 29.4. The highest BCUT2D eigenvalue weighted by atomic mass is 32.1. The van der Waals surface area contributed by atoms with Crippen molar-refractivity contribution in [1.82, 2.24) is 61.4 Å². The second-order valence-electron chi connectivity index (χ2n) is 22.3. The number of urea groups is 1. The number of thiazole rings is 5. The fraction of sp³-hybridized carbons (Fsp3) is 0.400. The van der Waals surface area contributed by atoms with Crippen LogP contribution in [0.15, 0.2) is 79.6 Å². The lowest BCUT2D eigenvalue weighted by Gasteiger charge is -2.34. The number of anilines is 1. The molecule has 92 heavy (non-hydrogen) atoms. The lowest BCUT2D eigenvalue weighted by molar-refractivity contribution is -0.143. The number of amides is 6. The molecular formula is C60H66N14O12S6. The molecule has 5 atom stereocenters. The van der Waals surface area contributed by atoms with Gasteiger partial charge in [-0.15, -0.1) is 69.3 Å². The molecule has 1 saturated heterocycles. The number of unbranched alkanes of at least 4 members (excludes halogenated alkanes) is 1. The SMILES string of the molecule is CNC(=O)C[C@@H]1NC(=O)c2csc(n2)-c2ccc(-c3nc(N(CCCCC(=O)O)C(=O)N4CCC(C(=O)O)CC4)cs3)nc2-c2csc(n2)-c2csc(n2)[C@H]([C@@H](O)c2ccccc2)NC(=O)CNC(=O)/C(=C(/S)COC)N=C2C[C@@]2(C(C)C)NC(O)c2nc1sc2C. The Morgan fingerprint density at radius 2 is 1.54 bits per heavy atom. The van der Waals surface area contributed by atoms with Crippen LogP contribution >= 0.6 is 69.3 Å². The third-order valence-corrected chi connectivity index (χ3v) is 20.7. The van der Waals surface area contributed by atoms with E-state index in [1.165, 1.54) is 64.4 Å². The number of fused-ring (bicyclic) bond motifs is 13. The maximum Gasteiger partial charge on any atom is 0.325 e. The van der Waals surface area contributed by atoms with E-state index in [0.717, 1.165) is 11.3 Å². The van der Waals surface area contributed by atoms with Crippen LogP contribution in [-0.4, -0.2) is 155 Å². The zero-order valence-corrected chi connectivity index (χ0v) is 55.3. The Morgan fingerprint density at radius 1 is 0.837 bits per heavy atom. The van der Waals surface area contributed by atoms with Crippen LogP contribution in [0.1, 0.15) is 120 Å². The van der Waals surface area contributed by atoms with Crippen molar-refractivity contribution in [3.63, 3.8) is 0 Å². The first-order chi connectivity index (χ1) is 44.1. The van der Waals surface area contributed by atoms with Crippen LogP contribution in [-0.2, 0) is 28.7 Å². The summed E-state index contributed by atoms with van der Waals surface area (Å²) in [6.07, 6.45) is -1.51. The van der Waals surface area contributed by atoms with Gasteiger partial charge in [0.1, 0.15) is 77.7 Å². The van der Waals surface area contributed by atoms with E-state index in [1.807, 2.05) is 13.8 Å². The van der Waals surface area contributed by atoms with Crippen LogP contribution in [0, 0.1) is 18.8 Å². The van der Waals surface area contributed by atoms with Crippen LogP contribution in [0.3, 0.4) is 0 Å². The number of carbonyl (C=O) groups is 7. The van der Waals surface area contributed by atoms with Gasteiger partial charge in [0.05, 0.1) is 48.5 Å². The number of hydrogen-bond acceptors (Lipinski definition) is 24. The molecule has 484 valence electrons. The molecule has 6 amide bonds. The highest BCUT2D eigenvalue weighted by molar-refractivity contribution is 7.84. The number of aryl methyl sites for hydroxylation is 1. The van der Waals surface area contributed by atoms with Gasteiger partial charge in [0.15, 0.2) is 0 Å². The number of rotatable bonds is 15. The van der Waals surface area contributed by atoms with Crippen molar-refractivity contribution >= 4 is 122 Å². The summed E-state index contributed by atoms with van der Waals surface area (Å²) in [5.74, 6) is -4.80. The standard InChI is InChI=1S/C60H66N14O12S6/c1-29(2)60-22-40(60)68-47(39(87)24-86-5)51(81)62-23-43(76)70-48(49(79)31-11-7-6-8-12-31)57-67-38(27-90-57)55-65-36(25-89-55)46-33(53-66-37(26-88-53)50(80)64-35(21-42(75)61-4)56-71-45(30(3)92-56)52(82)72-60)14-15-34(63-46)54-69-41(28-91-54)74(18-10-9-13-44(77)78)59(85)73-19-16-32(17-20-73)58(83)84/h6-8,11-12,14-15,25-29,32,35,48-49,52,72,79,82,87H,9-10,13,16-24H2,1-5H3,(H,61,75)(H,62,81)(H,64,80)(H,70,76)(H,77,78)(H,83,84)/b47-39-,68-40?/t35-,48-,49-,52?,60-/m0/s1. The van der Waals surface area contributed by atoms with Crippen LogP contribution in [0.25, 0.3) is 43.4 Å². The second-order valence-corrected chi connectivity index (χ2v) is 27.5. The molecular weight excluding hydrogens is 1300 g/mol. The smallest absolute Gasteiger partial charge is 0.325 e. The Bertz CT molecular complexity index is 3970. The Balaban J connectivity index is 1.05. The van der Waals surface area contributed by atoms with E-state index in [0.29, 0.717) is 94.6 Å². The normalized spacial score (nSPS) is 20.0. The number of nitrogens with one attached hydrogen (secondary N) is 5. The number of benzene rings is 1. The van der Waals surface area contributed by atoms with Crippen LogP contribution in [0.2, 0.25) is 0 Å². The van der Waals surface area contributed by atoms with Crippen LogP contribution < -0.4 is 31.5 Å². The molecule has 9 N–H and O–H groups in total. The maximum absolute atomic E-state index is 14.5. The molecule has 2 fully saturated rings. The molecule has 3 aliphatic rings. The van der Waals surface area contributed by atoms with Gasteiger partial charge in [-0.05, 0) is 56.2 Å². The lowest BCUT2D eigenvalue weighted by Crippen LogP contribution is -2.48. The zero-order chi connectivity index (χ0) is 65.5. The fourth-order valence-electron chi connectivity index (χ4n) is 10.6. The molecule has 2 aliphatic heterocycles. The third kappa shape index (κ3) is 15.3. The van der Waals surface area contributed by atoms with E-state index in [2.05, 4.69) is 39.2 Å². The van der Waals surface area contributed by atoms with Crippen LogP contribution in [0.4, 0.5) is 10.6 Å². The number of thiol groups is 1. The van der Waals surface area contributed by atoms with Gasteiger partial charge >= 0.3 is 18.0 Å². The fourth-order valence-corrected chi connectivity index (χ4v) is 15.2. The number of carboxylic acids is 2. The van der Waals surface area contributed by atoms with E-state index in [9.17, 15) is 54.0 Å². The summed E-state index contributed by atoms with van der Waals surface area (Å²) >= 11 is 10.6. The number of piperidine rings is 1. The number of aliphatic hydroxyl groups excluding tert-OH is 2. The first kappa shape index (κ1) is 67.1. The molecule has 6 aromatic heterocycles. The molecule has 1 saturated carbocycles. The Hall–Kier alpha value is -7.79. The number of aliphatic hydroxyl groups is 2. The molecule has 0 radical (unpaired) electrons. The molecule has 8 heterocycles. The summed E-state index contributed by atoms with van der Waals surface area (Å²) in [7, 11) is 2.90. The number of carboxylic acid groups (broad SMARTS) is 2. The predicted octanol–water partition coefficient (Wildman–Crippen LogP) is 7.55. The number of aromatic nitrogens is 6. The molecule has 1 aliphatic carbocycles. The average Bonchev–Trinajstić information content (AvgIpc) is 1.70. The summed E-state index contributed by atoms with van der Waals surface area (Å²) in [5.41, 5.74) is 2.10. The predicted molar refractivity (Wildman–Crippen MR) is 351 cm³/mol. The monoisotopic (exact) mass is 1370 g/mol. The summed E-state index contributed by atoms with van der Waals surface area (Å²) in [6, 6.07) is 9.70. The zero-order valence-electron chi connectivity index (χ0n) is 50.4. The molecule has 1 unspecified atom stereocenters. The van der Waals surface area contributed by atoms with E-state index < -0.39 is 84.0 Å². The van der Waals surface area contributed by atoms with Crippen molar-refractivity contribution in [3.05, 3.63) is 106 Å². The summed E-state index contributed by atoms with van der Waals surface area (Å²) in [4.78, 5) is 132. The number of pyridine rings is 1. The number of hydrogen-bond donors (Lipinski definition) is 10. The van der Waals surface area contributed by atoms with Crippen molar-refractivity contribution in [2.75, 3.05) is 51.8 Å². The number of carbonyl (C=O) groups excluding carboxylic acids is 5. The van der Waals surface area contributed by atoms with E-state index >= 15 is 0 Å². The van der Waals surface area contributed by atoms with Crippen molar-refractivity contribution in [2.24, 2.45) is 16.8 Å². The van der Waals surface area contributed by atoms with Gasteiger partial charge in [-0.2, -0.15) is 0 Å². The molecule has 1 aromatic carbocycles. The van der Waals surface area contributed by atoms with E-state index in [4.69, 9.17) is 39.6 Å². The third-order valence-electron chi connectivity index (χ3n) is 15.8. The number of likely N-dealkylation sites (tertiary alicyclic amines) is 1. The highest BCUT2D eigenvalue weighted by Gasteiger charge is 2.55. The van der Waals surface area contributed by atoms with Gasteiger partial charge in [0, 0.05) is 89.2 Å². The Kier molecular flexibility index (Phi) is 21.5. The first-order valence-electron chi connectivity index (χ1n) is 29.2. The lowest BCUT2D eigenvalue weighted by atomic mass is 9.97. The molecule has 8 bridgehead atoms. The average molecular weight is 1370 g/mol. The van der Waals surface area contributed by atoms with Crippen molar-refractivity contribution in [2.45, 2.75) is 95.7 Å². The first-order valence-corrected chi connectivity index (χ1v) is 34.0. The van der Waals surface area contributed by atoms with Gasteiger partial charge in [-0.1, -0.05) is 44.2 Å². The molecule has 0 spiro atoms. The molecule has 32 heteroatoms. The highest BCUT2D eigenvalue weighted by Crippen LogP contribution is 2.44. The summed E-state index contributed by atoms with van der Waals surface area (Å²) in [5, 5.41) is 66.0. The Labute approximate surface area is 553 Å². The van der Waals surface area contributed by atoms with Gasteiger partial charge in [-0.25, -0.2) is 39.7 Å². The molecule has 26 nitrogen and oxygen atoms in total. The maximum atomic E-state index is 14.5. The van der Waals surface area contributed by atoms with Crippen molar-refractivity contribution in [3.8, 4) is 43.4 Å². The number of ether oxygens (including phenoxy) is 1. The largest absolute Gasteiger partial charge is 0.481 e. The minimum Gasteiger partial charge on any atom is -0.481 e. The van der Waals surface area contributed by atoms with Gasteiger partial charge in [-0.3, -0.25) is 39.0 Å². The van der Waals surface area contributed by atoms with Gasteiger partial charge in [0.25, 0.3) is 11.8 Å². The summed E-state index contributed by atoms with van der Waals surface area (Å²) < 4.78 is 5.34. The molecule has 10 rings (SSSR count). The minimum absolute atomic E-state index is 0.00987. The van der Waals surface area contributed by atoms with Gasteiger partial charge in [0.2, 0.25) is 11.8 Å². The number of methoxy groups -OCH3 is 1. The topological polar surface area (TPSA) is 366 Å². The number of aliphatic carboxylic acids is 2. The van der Waals surface area contributed by atoms with Crippen LogP contribution in [0.5, 0.6) is 0 Å². The number of nitrogens with zero attached hydrogens (tertiary/aromatic N) is 9. The molecule has 7 aromatic rings. The van der Waals surface area contributed by atoms with E-state index in [-0.39, 0.29) is 79.8 Å². The van der Waals surface area contributed by atoms with Crippen molar-refractivity contribution < 1.29 is 58.7 Å². The number of aliphatic imine (C=N–C) groups is 1. The van der Waals surface area contributed by atoms with Crippen molar-refractivity contribution in [1.29, 1.82) is 0 Å². The van der Waals surface area contributed by atoms with E-state index in [1.54, 1.807) is 75.8 Å². The minimum atomic E-state index is -1.39. The summed E-state index contributed by atoms with van der Waals surface area (Å²) in [6.45, 7) is 5.53.